The second-order valence-electron chi connectivity index (χ2n) is 2.22. The molecule has 1 N–H and O–H groups in total. The Balaban J connectivity index is 3.17. The Kier molecular flexibility index (Phi) is 8.50. The molecule has 0 bridgehead atoms. The van der Waals surface area contributed by atoms with Gasteiger partial charge >= 0.3 is 0 Å². The third-order valence-corrected chi connectivity index (χ3v) is 1.20. The van der Waals surface area contributed by atoms with Gasteiger partial charge in [-0.1, -0.05) is 30.4 Å². The Morgan fingerprint density at radius 1 is 1.00 bits per heavy atom. The Morgan fingerprint density at radius 3 is 2.27 bits per heavy atom. The number of rotatable bonds is 6. The zero-order valence-corrected chi connectivity index (χ0v) is 6.87. The van der Waals surface area contributed by atoms with Crippen molar-refractivity contribution in [2.45, 2.75) is 19.3 Å². The van der Waals surface area contributed by atoms with Gasteiger partial charge in [0.1, 0.15) is 0 Å². The molecular formula is C10H16O. The normalized spacial score (nSPS) is 11.4. The second-order valence-corrected chi connectivity index (χ2v) is 2.22. The predicted octanol–water partition coefficient (Wildman–Crippen LogP) is 2.45. The first-order valence-electron chi connectivity index (χ1n) is 3.93. The molecule has 0 aliphatic carbocycles. The summed E-state index contributed by atoms with van der Waals surface area (Å²) in [5.74, 6) is 0. The van der Waals surface area contributed by atoms with E-state index in [4.69, 9.17) is 5.11 Å². The van der Waals surface area contributed by atoms with Crippen LogP contribution in [0.3, 0.4) is 0 Å². The fourth-order valence-corrected chi connectivity index (χ4v) is 0.656. The molecule has 0 aromatic heterocycles. The SMILES string of the molecule is C=CC/C=C/C/C=C/CCO. The van der Waals surface area contributed by atoms with Gasteiger partial charge in [-0.2, -0.15) is 0 Å². The zero-order chi connectivity index (χ0) is 8.36. The lowest BCUT2D eigenvalue weighted by molar-refractivity contribution is 0.302. The van der Waals surface area contributed by atoms with Gasteiger partial charge in [0.25, 0.3) is 0 Å². The first kappa shape index (κ1) is 10.2. The van der Waals surface area contributed by atoms with Crippen LogP contribution in [-0.2, 0) is 0 Å². The highest BCUT2D eigenvalue weighted by Crippen LogP contribution is 1.90. The minimum atomic E-state index is 0.243. The summed E-state index contributed by atoms with van der Waals surface area (Å²) in [6, 6.07) is 0. The first-order chi connectivity index (χ1) is 5.41. The van der Waals surface area contributed by atoms with E-state index in [2.05, 4.69) is 24.8 Å². The van der Waals surface area contributed by atoms with Crippen molar-refractivity contribution in [2.24, 2.45) is 0 Å². The molecule has 0 rings (SSSR count). The van der Waals surface area contributed by atoms with Crippen molar-refractivity contribution in [2.75, 3.05) is 6.61 Å². The van der Waals surface area contributed by atoms with Gasteiger partial charge in [0.05, 0.1) is 0 Å². The maximum atomic E-state index is 8.42. The number of aliphatic hydroxyl groups excluding tert-OH is 1. The quantitative estimate of drug-likeness (QED) is 0.580. The van der Waals surface area contributed by atoms with Gasteiger partial charge in [-0.3, -0.25) is 0 Å². The van der Waals surface area contributed by atoms with Crippen LogP contribution in [0.25, 0.3) is 0 Å². The van der Waals surface area contributed by atoms with Crippen molar-refractivity contribution >= 4 is 0 Å². The summed E-state index contributed by atoms with van der Waals surface area (Å²) in [7, 11) is 0. The Bertz CT molecular complexity index is 134. The van der Waals surface area contributed by atoms with Crippen molar-refractivity contribution in [3.63, 3.8) is 0 Å². The largest absolute Gasteiger partial charge is 0.396 e. The third kappa shape index (κ3) is 9.18. The van der Waals surface area contributed by atoms with Crippen LogP contribution >= 0.6 is 0 Å². The van der Waals surface area contributed by atoms with E-state index in [9.17, 15) is 0 Å². The number of hydrogen-bond donors (Lipinski definition) is 1. The van der Waals surface area contributed by atoms with E-state index in [1.807, 2.05) is 12.2 Å². The average Bonchev–Trinajstić information content (AvgIpc) is 2.03. The van der Waals surface area contributed by atoms with Crippen LogP contribution in [0.15, 0.2) is 37.0 Å². The lowest BCUT2D eigenvalue weighted by Gasteiger charge is -1.83. The molecule has 0 amide bonds. The van der Waals surface area contributed by atoms with Crippen LogP contribution in [0.4, 0.5) is 0 Å². The summed E-state index contributed by atoms with van der Waals surface area (Å²) in [5.41, 5.74) is 0. The van der Waals surface area contributed by atoms with Crippen LogP contribution in [0, 0.1) is 0 Å². The Morgan fingerprint density at radius 2 is 1.64 bits per heavy atom. The topological polar surface area (TPSA) is 20.2 Å². The molecule has 0 fully saturated rings. The lowest BCUT2D eigenvalue weighted by Crippen LogP contribution is -1.74. The van der Waals surface area contributed by atoms with Crippen LogP contribution < -0.4 is 0 Å². The molecule has 0 spiro atoms. The molecule has 0 saturated carbocycles. The maximum Gasteiger partial charge on any atom is 0.0465 e. The number of hydrogen-bond acceptors (Lipinski definition) is 1. The molecular weight excluding hydrogens is 136 g/mol. The van der Waals surface area contributed by atoms with Gasteiger partial charge in [0, 0.05) is 6.61 Å². The summed E-state index contributed by atoms with van der Waals surface area (Å²) in [4.78, 5) is 0. The highest BCUT2D eigenvalue weighted by molar-refractivity contribution is 4.95. The monoisotopic (exact) mass is 152 g/mol. The molecule has 0 aliphatic heterocycles. The van der Waals surface area contributed by atoms with E-state index in [1.54, 1.807) is 0 Å². The highest BCUT2D eigenvalue weighted by Gasteiger charge is 1.73. The van der Waals surface area contributed by atoms with Gasteiger partial charge in [-0.25, -0.2) is 0 Å². The standard InChI is InChI=1S/C10H16O/c1-2-3-4-5-6-7-8-9-10-11/h2,4-5,7-8,11H,1,3,6,9-10H2/b5-4+,8-7+. The number of aliphatic hydroxyl groups is 1. The molecule has 0 aromatic carbocycles. The van der Waals surface area contributed by atoms with Gasteiger partial charge in [0.15, 0.2) is 0 Å². The fraction of sp³-hybridized carbons (Fsp3) is 0.400. The molecule has 0 unspecified atom stereocenters. The summed E-state index contributed by atoms with van der Waals surface area (Å²) < 4.78 is 0. The van der Waals surface area contributed by atoms with E-state index in [-0.39, 0.29) is 6.61 Å². The van der Waals surface area contributed by atoms with Gasteiger partial charge in [0.2, 0.25) is 0 Å². The lowest BCUT2D eigenvalue weighted by atomic mass is 10.3. The van der Waals surface area contributed by atoms with Crippen LogP contribution in [-0.4, -0.2) is 11.7 Å². The molecule has 11 heavy (non-hydrogen) atoms. The van der Waals surface area contributed by atoms with Gasteiger partial charge < -0.3 is 5.11 Å². The summed E-state index contributed by atoms with van der Waals surface area (Å²) >= 11 is 0. The smallest absolute Gasteiger partial charge is 0.0465 e. The zero-order valence-electron chi connectivity index (χ0n) is 6.87. The van der Waals surface area contributed by atoms with Gasteiger partial charge in [-0.15, -0.1) is 6.58 Å². The van der Waals surface area contributed by atoms with Crippen molar-refractivity contribution < 1.29 is 5.11 Å². The molecule has 0 saturated heterocycles. The van der Waals surface area contributed by atoms with Crippen LogP contribution in [0.1, 0.15) is 19.3 Å². The molecule has 62 valence electrons. The van der Waals surface area contributed by atoms with E-state index >= 15 is 0 Å². The molecule has 0 atom stereocenters. The maximum absolute atomic E-state index is 8.42. The van der Waals surface area contributed by atoms with Crippen LogP contribution in [0.5, 0.6) is 0 Å². The van der Waals surface area contributed by atoms with E-state index in [0.717, 1.165) is 19.3 Å². The molecule has 0 heterocycles. The van der Waals surface area contributed by atoms with Crippen molar-refractivity contribution in [1.29, 1.82) is 0 Å². The summed E-state index contributed by atoms with van der Waals surface area (Å²) in [6.07, 6.45) is 12.7. The minimum absolute atomic E-state index is 0.243. The van der Waals surface area contributed by atoms with Crippen molar-refractivity contribution in [1.82, 2.24) is 0 Å². The Labute approximate surface area is 68.7 Å². The fourth-order valence-electron chi connectivity index (χ4n) is 0.656. The predicted molar refractivity (Wildman–Crippen MR) is 49.4 cm³/mol. The second kappa shape index (κ2) is 9.18. The van der Waals surface area contributed by atoms with Gasteiger partial charge in [-0.05, 0) is 19.3 Å². The van der Waals surface area contributed by atoms with Crippen molar-refractivity contribution in [3.8, 4) is 0 Å². The van der Waals surface area contributed by atoms with Crippen LogP contribution in [0.2, 0.25) is 0 Å². The third-order valence-electron chi connectivity index (χ3n) is 1.20. The highest BCUT2D eigenvalue weighted by atomic mass is 16.2. The first-order valence-corrected chi connectivity index (χ1v) is 3.93. The summed E-state index contributed by atoms with van der Waals surface area (Å²) in [6.45, 7) is 3.85. The summed E-state index contributed by atoms with van der Waals surface area (Å²) in [5, 5.41) is 8.42. The molecule has 0 aliphatic rings. The van der Waals surface area contributed by atoms with Crippen molar-refractivity contribution in [3.05, 3.63) is 37.0 Å². The molecule has 0 radical (unpaired) electrons. The molecule has 1 heteroatoms. The average molecular weight is 152 g/mol. The minimum Gasteiger partial charge on any atom is -0.396 e. The van der Waals surface area contributed by atoms with E-state index in [0.29, 0.717) is 0 Å². The van der Waals surface area contributed by atoms with E-state index in [1.165, 1.54) is 0 Å². The van der Waals surface area contributed by atoms with E-state index < -0.39 is 0 Å². The molecule has 0 aromatic rings. The number of allylic oxidation sites excluding steroid dienone is 4. The Hall–Kier alpha value is -0.820. The molecule has 1 nitrogen and oxygen atoms in total.